The first-order chi connectivity index (χ1) is 10.5. The maximum absolute atomic E-state index is 12.4. The van der Waals surface area contributed by atoms with E-state index in [1.54, 1.807) is 0 Å². The predicted molar refractivity (Wildman–Crippen MR) is 82.9 cm³/mol. The lowest BCUT2D eigenvalue weighted by Gasteiger charge is -2.33. The Labute approximate surface area is 130 Å². The number of carbonyl (C=O) groups excluding carboxylic acids is 1. The van der Waals surface area contributed by atoms with E-state index < -0.39 is 12.0 Å². The minimum atomic E-state index is -0.912. The third kappa shape index (κ3) is 4.23. The molecule has 1 fully saturated rings. The molecule has 5 nitrogen and oxygen atoms in total. The lowest BCUT2D eigenvalue weighted by atomic mass is 10.0. The Morgan fingerprint density at radius 2 is 2.14 bits per heavy atom. The van der Waals surface area contributed by atoms with Crippen LogP contribution in [0.2, 0.25) is 0 Å². The van der Waals surface area contributed by atoms with Crippen molar-refractivity contribution in [3.63, 3.8) is 0 Å². The first-order valence-electron chi connectivity index (χ1n) is 7.75. The number of amides is 1. The van der Waals surface area contributed by atoms with Crippen LogP contribution in [0.5, 0.6) is 5.75 Å². The van der Waals surface area contributed by atoms with Crippen LogP contribution in [0.4, 0.5) is 0 Å². The number of rotatable bonds is 5. The van der Waals surface area contributed by atoms with Gasteiger partial charge in [-0.1, -0.05) is 12.1 Å². The molecule has 0 saturated carbocycles. The van der Waals surface area contributed by atoms with E-state index in [1.807, 2.05) is 38.1 Å². The van der Waals surface area contributed by atoms with Gasteiger partial charge in [-0.05, 0) is 50.8 Å². The molecular weight excluding hydrogens is 282 g/mol. The van der Waals surface area contributed by atoms with E-state index in [1.165, 1.54) is 4.90 Å². The van der Waals surface area contributed by atoms with Gasteiger partial charge in [-0.25, -0.2) is 4.79 Å². The zero-order valence-electron chi connectivity index (χ0n) is 13.1. The molecule has 1 N–H and O–H groups in total. The Bertz CT molecular complexity index is 541. The summed E-state index contributed by atoms with van der Waals surface area (Å²) >= 11 is 0. The minimum Gasteiger partial charge on any atom is -0.491 e. The second-order valence-corrected chi connectivity index (χ2v) is 5.93. The lowest BCUT2D eigenvalue weighted by Crippen LogP contribution is -2.48. The fraction of sp³-hybridized carbons (Fsp3) is 0.529. The van der Waals surface area contributed by atoms with Crippen molar-refractivity contribution < 1.29 is 19.4 Å². The molecule has 0 aromatic heterocycles. The molecule has 1 heterocycles. The normalized spacial score (nSPS) is 18.3. The van der Waals surface area contributed by atoms with E-state index in [0.29, 0.717) is 13.0 Å². The second kappa shape index (κ2) is 7.29. The molecule has 0 bridgehead atoms. The number of hydrogen-bond acceptors (Lipinski definition) is 3. The maximum Gasteiger partial charge on any atom is 0.326 e. The topological polar surface area (TPSA) is 66.8 Å². The fourth-order valence-corrected chi connectivity index (χ4v) is 2.76. The summed E-state index contributed by atoms with van der Waals surface area (Å²) in [5.41, 5.74) is 0.845. The van der Waals surface area contributed by atoms with Crippen LogP contribution in [0.25, 0.3) is 0 Å². The van der Waals surface area contributed by atoms with Gasteiger partial charge < -0.3 is 14.7 Å². The Hall–Kier alpha value is -2.04. The molecule has 1 saturated heterocycles. The first kappa shape index (κ1) is 16.3. The highest BCUT2D eigenvalue weighted by molar-refractivity contribution is 5.85. The van der Waals surface area contributed by atoms with Crippen molar-refractivity contribution in [3.05, 3.63) is 29.8 Å². The van der Waals surface area contributed by atoms with Crippen molar-refractivity contribution in [2.45, 2.75) is 51.7 Å². The second-order valence-electron chi connectivity index (χ2n) is 5.93. The number of likely N-dealkylation sites (tertiary alicyclic amines) is 1. The summed E-state index contributed by atoms with van der Waals surface area (Å²) in [7, 11) is 0. The molecule has 1 aromatic carbocycles. The number of carboxylic acids is 1. The number of ether oxygens (including phenoxy) is 1. The number of hydrogen-bond donors (Lipinski definition) is 1. The molecule has 1 aliphatic rings. The van der Waals surface area contributed by atoms with E-state index in [-0.39, 0.29) is 18.4 Å². The van der Waals surface area contributed by atoms with E-state index in [2.05, 4.69) is 0 Å². The van der Waals surface area contributed by atoms with E-state index >= 15 is 0 Å². The molecule has 1 aromatic rings. The summed E-state index contributed by atoms with van der Waals surface area (Å²) in [6, 6.07) is 6.74. The van der Waals surface area contributed by atoms with Gasteiger partial charge in [0.15, 0.2) is 0 Å². The van der Waals surface area contributed by atoms with Gasteiger partial charge in [-0.15, -0.1) is 0 Å². The zero-order chi connectivity index (χ0) is 16.1. The van der Waals surface area contributed by atoms with Crippen LogP contribution in [-0.4, -0.2) is 40.6 Å². The molecule has 0 unspecified atom stereocenters. The van der Waals surface area contributed by atoms with Crippen LogP contribution in [0.3, 0.4) is 0 Å². The minimum absolute atomic E-state index is 0.0736. The zero-order valence-corrected chi connectivity index (χ0v) is 13.1. The highest BCUT2D eigenvalue weighted by Crippen LogP contribution is 2.20. The molecule has 1 atom stereocenters. The molecule has 5 heteroatoms. The van der Waals surface area contributed by atoms with Crippen molar-refractivity contribution in [2.75, 3.05) is 6.54 Å². The van der Waals surface area contributed by atoms with Gasteiger partial charge in [0.1, 0.15) is 11.8 Å². The fourth-order valence-electron chi connectivity index (χ4n) is 2.76. The summed E-state index contributed by atoms with van der Waals surface area (Å²) in [5.74, 6) is -0.313. The number of aliphatic carboxylic acids is 1. The van der Waals surface area contributed by atoms with Crippen LogP contribution in [-0.2, 0) is 16.0 Å². The highest BCUT2D eigenvalue weighted by Gasteiger charge is 2.31. The van der Waals surface area contributed by atoms with Crippen LogP contribution in [0.15, 0.2) is 24.3 Å². The Morgan fingerprint density at radius 3 is 2.82 bits per heavy atom. The molecule has 2 rings (SSSR count). The lowest BCUT2D eigenvalue weighted by molar-refractivity contribution is -0.151. The van der Waals surface area contributed by atoms with Crippen molar-refractivity contribution >= 4 is 11.9 Å². The van der Waals surface area contributed by atoms with Gasteiger partial charge in [-0.2, -0.15) is 0 Å². The van der Waals surface area contributed by atoms with Crippen molar-refractivity contribution in [2.24, 2.45) is 0 Å². The van der Waals surface area contributed by atoms with Crippen LogP contribution in [0.1, 0.15) is 38.7 Å². The summed E-state index contributed by atoms with van der Waals surface area (Å²) in [6.07, 6.45) is 2.55. The van der Waals surface area contributed by atoms with Gasteiger partial charge in [0, 0.05) is 6.54 Å². The number of piperidine rings is 1. The standard InChI is InChI=1S/C17H23NO4/c1-12(2)22-14-7-5-6-13(10-14)11-16(19)18-9-4-3-8-15(18)17(20)21/h5-7,10,12,15H,3-4,8-9,11H2,1-2H3,(H,20,21)/t15-/m0/s1. The molecule has 0 radical (unpaired) electrons. The molecule has 120 valence electrons. The SMILES string of the molecule is CC(C)Oc1cccc(CC(=O)N2CCCC[C@H]2C(=O)O)c1. The number of carboxylic acid groups (broad SMARTS) is 1. The summed E-state index contributed by atoms with van der Waals surface area (Å²) in [5, 5.41) is 9.25. The largest absolute Gasteiger partial charge is 0.491 e. The smallest absolute Gasteiger partial charge is 0.326 e. The quantitative estimate of drug-likeness (QED) is 0.907. The van der Waals surface area contributed by atoms with Gasteiger partial charge in [0.2, 0.25) is 5.91 Å². The number of nitrogens with zero attached hydrogens (tertiary/aromatic N) is 1. The Balaban J connectivity index is 2.06. The van der Waals surface area contributed by atoms with Crippen molar-refractivity contribution in [1.82, 2.24) is 4.90 Å². The Kier molecular flexibility index (Phi) is 5.41. The Morgan fingerprint density at radius 1 is 1.36 bits per heavy atom. The molecule has 0 spiro atoms. The predicted octanol–water partition coefficient (Wildman–Crippen LogP) is 2.48. The highest BCUT2D eigenvalue weighted by atomic mass is 16.5. The van der Waals surface area contributed by atoms with Gasteiger partial charge >= 0.3 is 5.97 Å². The van der Waals surface area contributed by atoms with Crippen LogP contribution >= 0.6 is 0 Å². The average Bonchev–Trinajstić information content (AvgIpc) is 2.46. The first-order valence-corrected chi connectivity index (χ1v) is 7.75. The van der Waals surface area contributed by atoms with Crippen molar-refractivity contribution in [3.8, 4) is 5.75 Å². The number of carbonyl (C=O) groups is 2. The van der Waals surface area contributed by atoms with E-state index in [4.69, 9.17) is 4.74 Å². The van der Waals surface area contributed by atoms with E-state index in [0.717, 1.165) is 24.2 Å². The van der Waals surface area contributed by atoms with E-state index in [9.17, 15) is 14.7 Å². The molecule has 0 aliphatic carbocycles. The van der Waals surface area contributed by atoms with Crippen molar-refractivity contribution in [1.29, 1.82) is 0 Å². The maximum atomic E-state index is 12.4. The molecule has 1 aliphatic heterocycles. The molecule has 1 amide bonds. The van der Waals surface area contributed by atoms with Crippen LogP contribution < -0.4 is 4.74 Å². The van der Waals surface area contributed by atoms with Crippen LogP contribution in [0, 0.1) is 0 Å². The third-order valence-corrected chi connectivity index (χ3v) is 3.73. The van der Waals surface area contributed by atoms with Gasteiger partial charge in [-0.3, -0.25) is 4.79 Å². The number of benzene rings is 1. The monoisotopic (exact) mass is 305 g/mol. The molecule has 22 heavy (non-hydrogen) atoms. The summed E-state index contributed by atoms with van der Waals surface area (Å²) in [6.45, 7) is 4.42. The van der Waals surface area contributed by atoms with Gasteiger partial charge in [0.25, 0.3) is 0 Å². The summed E-state index contributed by atoms with van der Waals surface area (Å²) < 4.78 is 5.62. The summed E-state index contributed by atoms with van der Waals surface area (Å²) in [4.78, 5) is 25.2. The average molecular weight is 305 g/mol. The third-order valence-electron chi connectivity index (χ3n) is 3.73. The molecular formula is C17H23NO4. The van der Waals surface area contributed by atoms with Gasteiger partial charge in [0.05, 0.1) is 12.5 Å².